The highest BCUT2D eigenvalue weighted by molar-refractivity contribution is 6.30. The van der Waals surface area contributed by atoms with Gasteiger partial charge < -0.3 is 9.15 Å². The zero-order valence-electron chi connectivity index (χ0n) is 18.1. The molecule has 0 bridgehead atoms. The minimum Gasteiger partial charge on any atom is -0.466 e. The van der Waals surface area contributed by atoms with Crippen LogP contribution in [-0.2, 0) is 6.54 Å². The van der Waals surface area contributed by atoms with Crippen molar-refractivity contribution in [3.63, 3.8) is 0 Å². The van der Waals surface area contributed by atoms with Gasteiger partial charge in [-0.1, -0.05) is 41.9 Å². The number of nitrogens with zero attached hydrogens (tertiary/aromatic N) is 3. The molecule has 3 aromatic rings. The first kappa shape index (κ1) is 19.9. The van der Waals surface area contributed by atoms with Crippen LogP contribution in [0.1, 0.15) is 48.0 Å². The van der Waals surface area contributed by atoms with Crippen LogP contribution in [0, 0.1) is 6.92 Å². The molecule has 0 amide bonds. The highest BCUT2D eigenvalue weighted by atomic mass is 35.5. The van der Waals surface area contributed by atoms with E-state index in [-0.39, 0.29) is 6.04 Å². The summed E-state index contributed by atoms with van der Waals surface area (Å²) in [5.74, 6) is 2.67. The number of ether oxygens (including phenoxy) is 1. The number of hydrogen-bond donors (Lipinski definition) is 0. The van der Waals surface area contributed by atoms with E-state index in [1.54, 1.807) is 0 Å². The normalized spacial score (nSPS) is 21.8. The fraction of sp³-hybridized carbons (Fsp3) is 0.346. The van der Waals surface area contributed by atoms with Gasteiger partial charge in [-0.15, -0.1) is 0 Å². The van der Waals surface area contributed by atoms with Gasteiger partial charge in [-0.05, 0) is 42.8 Å². The van der Waals surface area contributed by atoms with Crippen LogP contribution in [0.15, 0.2) is 70.2 Å². The van der Waals surface area contributed by atoms with Gasteiger partial charge in [-0.25, -0.2) is 5.01 Å². The molecule has 6 heteroatoms. The van der Waals surface area contributed by atoms with Gasteiger partial charge in [0, 0.05) is 49.5 Å². The molecule has 3 aliphatic heterocycles. The second-order valence-electron chi connectivity index (χ2n) is 9.01. The van der Waals surface area contributed by atoms with E-state index in [1.165, 1.54) is 5.56 Å². The standard InChI is InChI=1S/C26H26ClN3O2/c1-18-7-9-25(31-18)22-16-23-21-15-20(27)8-10-24(21)32-26(30(23)28-22)11-13-29(14-12-26)17-19-5-3-2-4-6-19/h2-10,15,23H,11-14,16-17H2,1H3/t23-/m1/s1. The number of piperidine rings is 1. The average Bonchev–Trinajstić information content (AvgIpc) is 3.44. The number of halogens is 1. The van der Waals surface area contributed by atoms with Crippen molar-refractivity contribution in [3.05, 3.63) is 88.3 Å². The van der Waals surface area contributed by atoms with E-state index in [0.717, 1.165) is 72.5 Å². The summed E-state index contributed by atoms with van der Waals surface area (Å²) >= 11 is 6.36. The Hall–Kier alpha value is -2.76. The van der Waals surface area contributed by atoms with Crippen LogP contribution in [0.2, 0.25) is 5.02 Å². The SMILES string of the molecule is Cc1ccc(C2=NN3[C@H](C2)c2cc(Cl)ccc2OC32CCN(Cc3ccccc3)CC2)o1. The van der Waals surface area contributed by atoms with Gasteiger partial charge >= 0.3 is 0 Å². The van der Waals surface area contributed by atoms with E-state index in [2.05, 4.69) is 40.2 Å². The lowest BCUT2D eigenvalue weighted by atomic mass is 9.91. The van der Waals surface area contributed by atoms with Crippen molar-refractivity contribution >= 4 is 17.3 Å². The molecule has 0 saturated carbocycles. The van der Waals surface area contributed by atoms with Gasteiger partial charge in [0.05, 0.1) is 6.04 Å². The van der Waals surface area contributed by atoms with Crippen molar-refractivity contribution < 1.29 is 9.15 Å². The first-order chi connectivity index (χ1) is 15.6. The first-order valence-corrected chi connectivity index (χ1v) is 11.7. The highest BCUT2D eigenvalue weighted by Crippen LogP contribution is 2.50. The Bertz CT molecular complexity index is 1160. The third-order valence-corrected chi connectivity index (χ3v) is 7.10. The monoisotopic (exact) mass is 447 g/mol. The molecule has 0 N–H and O–H groups in total. The third kappa shape index (κ3) is 3.40. The van der Waals surface area contributed by atoms with Crippen LogP contribution >= 0.6 is 11.6 Å². The summed E-state index contributed by atoms with van der Waals surface area (Å²) in [7, 11) is 0. The topological polar surface area (TPSA) is 41.2 Å². The molecule has 0 radical (unpaired) electrons. The van der Waals surface area contributed by atoms with Crippen LogP contribution in [0.5, 0.6) is 5.75 Å². The van der Waals surface area contributed by atoms with Gasteiger partial charge in [0.1, 0.15) is 23.0 Å². The minimum atomic E-state index is -0.442. The highest BCUT2D eigenvalue weighted by Gasteiger charge is 2.52. The lowest BCUT2D eigenvalue weighted by Crippen LogP contribution is -2.59. The molecule has 5 nitrogen and oxygen atoms in total. The van der Waals surface area contributed by atoms with Crippen LogP contribution in [0.25, 0.3) is 0 Å². The van der Waals surface area contributed by atoms with Crippen LogP contribution in [0.4, 0.5) is 0 Å². The Morgan fingerprint density at radius 3 is 2.62 bits per heavy atom. The molecule has 32 heavy (non-hydrogen) atoms. The summed E-state index contributed by atoms with van der Waals surface area (Å²) in [4.78, 5) is 2.51. The molecule has 1 saturated heterocycles. The van der Waals surface area contributed by atoms with E-state index >= 15 is 0 Å². The summed E-state index contributed by atoms with van der Waals surface area (Å²) in [6.07, 6.45) is 2.58. The van der Waals surface area contributed by atoms with Crippen molar-refractivity contribution in [1.29, 1.82) is 0 Å². The number of furan rings is 1. The largest absolute Gasteiger partial charge is 0.466 e. The summed E-state index contributed by atoms with van der Waals surface area (Å²) in [5.41, 5.74) is 2.99. The predicted molar refractivity (Wildman–Crippen MR) is 125 cm³/mol. The van der Waals surface area contributed by atoms with Crippen LogP contribution < -0.4 is 4.74 Å². The maximum atomic E-state index is 6.72. The lowest BCUT2D eigenvalue weighted by Gasteiger charge is -2.51. The molecule has 2 aromatic carbocycles. The summed E-state index contributed by atoms with van der Waals surface area (Å²) < 4.78 is 12.6. The molecule has 4 heterocycles. The quantitative estimate of drug-likeness (QED) is 0.510. The van der Waals surface area contributed by atoms with Crippen molar-refractivity contribution in [2.45, 2.75) is 44.5 Å². The molecular weight excluding hydrogens is 422 g/mol. The van der Waals surface area contributed by atoms with E-state index in [0.29, 0.717) is 0 Å². The molecular formula is C26H26ClN3O2. The predicted octanol–water partition coefficient (Wildman–Crippen LogP) is 5.78. The van der Waals surface area contributed by atoms with Crippen LogP contribution in [-0.4, -0.2) is 34.4 Å². The summed E-state index contributed by atoms with van der Waals surface area (Å²) in [6.45, 7) is 4.86. The number of rotatable bonds is 3. The van der Waals surface area contributed by atoms with Gasteiger partial charge in [-0.2, -0.15) is 5.10 Å². The second kappa shape index (κ2) is 7.68. The minimum absolute atomic E-state index is 0.110. The number of hydrazone groups is 1. The Labute approximate surface area is 193 Å². The molecule has 0 aliphatic carbocycles. The Morgan fingerprint density at radius 1 is 1.06 bits per heavy atom. The Kier molecular flexibility index (Phi) is 4.77. The number of hydrogen-bond acceptors (Lipinski definition) is 5. The number of fused-ring (bicyclic) bond motifs is 4. The molecule has 3 aliphatic rings. The maximum Gasteiger partial charge on any atom is 0.200 e. The smallest absolute Gasteiger partial charge is 0.200 e. The van der Waals surface area contributed by atoms with Gasteiger partial charge in [-0.3, -0.25) is 4.90 Å². The second-order valence-corrected chi connectivity index (χ2v) is 9.45. The zero-order chi connectivity index (χ0) is 21.7. The fourth-order valence-corrected chi connectivity index (χ4v) is 5.40. The summed E-state index contributed by atoms with van der Waals surface area (Å²) in [6, 6.07) is 20.7. The van der Waals surface area contributed by atoms with Crippen molar-refractivity contribution in [3.8, 4) is 5.75 Å². The number of likely N-dealkylation sites (tertiary alicyclic amines) is 1. The molecule has 1 aromatic heterocycles. The number of aryl methyl sites for hydroxylation is 1. The zero-order valence-corrected chi connectivity index (χ0v) is 18.9. The number of benzene rings is 2. The molecule has 6 rings (SSSR count). The third-order valence-electron chi connectivity index (χ3n) is 6.87. The van der Waals surface area contributed by atoms with E-state index < -0.39 is 5.72 Å². The first-order valence-electron chi connectivity index (χ1n) is 11.3. The molecule has 0 unspecified atom stereocenters. The maximum absolute atomic E-state index is 6.72. The van der Waals surface area contributed by atoms with Gasteiger partial charge in [0.25, 0.3) is 0 Å². The van der Waals surface area contributed by atoms with Crippen molar-refractivity contribution in [2.24, 2.45) is 5.10 Å². The summed E-state index contributed by atoms with van der Waals surface area (Å²) in [5, 5.41) is 8.01. The molecule has 1 atom stereocenters. The van der Waals surface area contributed by atoms with Crippen molar-refractivity contribution in [1.82, 2.24) is 9.91 Å². The van der Waals surface area contributed by atoms with Gasteiger partial charge in [0.15, 0.2) is 0 Å². The molecule has 164 valence electrons. The molecule has 1 spiro atoms. The fourth-order valence-electron chi connectivity index (χ4n) is 5.22. The lowest BCUT2D eigenvalue weighted by molar-refractivity contribution is -0.150. The van der Waals surface area contributed by atoms with E-state index in [1.807, 2.05) is 37.3 Å². The van der Waals surface area contributed by atoms with Gasteiger partial charge in [0.2, 0.25) is 5.72 Å². The van der Waals surface area contributed by atoms with E-state index in [9.17, 15) is 0 Å². The van der Waals surface area contributed by atoms with Crippen LogP contribution in [0.3, 0.4) is 0 Å². The van der Waals surface area contributed by atoms with Crippen molar-refractivity contribution in [2.75, 3.05) is 13.1 Å². The Balaban J connectivity index is 1.31. The molecule has 1 fully saturated rings. The average molecular weight is 448 g/mol. The Morgan fingerprint density at radius 2 is 1.88 bits per heavy atom. The van der Waals surface area contributed by atoms with E-state index in [4.69, 9.17) is 25.9 Å².